The minimum absolute atomic E-state index is 0.104. The first-order chi connectivity index (χ1) is 18.9. The molecule has 0 radical (unpaired) electrons. The molecule has 0 spiro atoms. The average molecular weight is 549 g/mol. The van der Waals surface area contributed by atoms with E-state index in [-0.39, 0.29) is 17.8 Å². The number of fused-ring (bicyclic) bond motifs is 1. The second kappa shape index (κ2) is 11.4. The Balaban J connectivity index is 1.53. The van der Waals surface area contributed by atoms with Crippen LogP contribution in [0.25, 0.3) is 22.0 Å². The molecule has 1 aliphatic rings. The van der Waals surface area contributed by atoms with Gasteiger partial charge < -0.3 is 18.9 Å². The maximum atomic E-state index is 13.6. The van der Waals surface area contributed by atoms with Crippen LogP contribution in [-0.2, 0) is 27.8 Å². The van der Waals surface area contributed by atoms with Crippen LogP contribution in [0.2, 0.25) is 5.02 Å². The highest BCUT2D eigenvalue weighted by Gasteiger charge is 2.25. The molecule has 39 heavy (non-hydrogen) atoms. The maximum absolute atomic E-state index is 13.6. The molecule has 3 heterocycles. The van der Waals surface area contributed by atoms with E-state index in [0.29, 0.717) is 48.0 Å². The number of ketones is 1. The zero-order chi connectivity index (χ0) is 27.5. The third kappa shape index (κ3) is 5.60. The number of rotatable bonds is 10. The summed E-state index contributed by atoms with van der Waals surface area (Å²) >= 11 is 6.34. The van der Waals surface area contributed by atoms with Crippen molar-refractivity contribution in [1.82, 2.24) is 14.3 Å². The van der Waals surface area contributed by atoms with Crippen molar-refractivity contribution in [1.29, 1.82) is 0 Å². The standard InChI is InChI=1S/C29H29ClN4O5/c1-33-16-19-12-18(4-7-24(19)31-33)13-27(35)26(9-10-37-2)34-17-28(38-3)23(15-29(34)36)22-14-20(30)5-6-21(22)25-8-11-39-32-25/h4-7,12,14-17,26H,8-11,13H2,1-3H3. The fourth-order valence-electron chi connectivity index (χ4n) is 4.94. The van der Waals surface area contributed by atoms with E-state index in [1.165, 1.54) is 17.7 Å². The van der Waals surface area contributed by atoms with Gasteiger partial charge in [0.2, 0.25) is 0 Å². The van der Waals surface area contributed by atoms with E-state index >= 15 is 0 Å². The smallest absolute Gasteiger partial charge is 0.252 e. The fraction of sp³-hybridized carbons (Fsp3) is 0.310. The van der Waals surface area contributed by atoms with Gasteiger partial charge in [-0.05, 0) is 41.8 Å². The number of Topliss-reactive ketones (excluding diaryl/α,β-unsaturated/α-hetero) is 1. The lowest BCUT2D eigenvalue weighted by molar-refractivity contribution is -0.122. The third-order valence-corrected chi connectivity index (χ3v) is 7.05. The van der Waals surface area contributed by atoms with Crippen LogP contribution in [0.15, 0.2) is 64.8 Å². The highest BCUT2D eigenvalue weighted by molar-refractivity contribution is 6.31. The molecule has 1 aliphatic heterocycles. The van der Waals surface area contributed by atoms with Gasteiger partial charge in [-0.3, -0.25) is 14.3 Å². The largest absolute Gasteiger partial charge is 0.495 e. The SMILES string of the molecule is COCCC(C(=O)Cc1ccc2nn(C)cc2c1)n1cc(OC)c(-c2cc(Cl)ccc2C2=NOCC2)cc1=O. The van der Waals surface area contributed by atoms with Gasteiger partial charge in [0.15, 0.2) is 5.78 Å². The average Bonchev–Trinajstić information content (AvgIpc) is 3.58. The van der Waals surface area contributed by atoms with Crippen molar-refractivity contribution in [2.24, 2.45) is 12.2 Å². The van der Waals surface area contributed by atoms with Crippen LogP contribution < -0.4 is 10.3 Å². The Labute approximate surface area is 230 Å². The molecule has 0 N–H and O–H groups in total. The topological polar surface area (TPSA) is 96.9 Å². The monoisotopic (exact) mass is 548 g/mol. The zero-order valence-corrected chi connectivity index (χ0v) is 22.8. The predicted octanol–water partition coefficient (Wildman–Crippen LogP) is 4.58. The number of oxime groups is 1. The second-order valence-corrected chi connectivity index (χ2v) is 9.88. The van der Waals surface area contributed by atoms with Crippen molar-refractivity contribution in [3.63, 3.8) is 0 Å². The summed E-state index contributed by atoms with van der Waals surface area (Å²) in [6.07, 6.45) is 4.65. The van der Waals surface area contributed by atoms with E-state index in [0.717, 1.165) is 27.7 Å². The van der Waals surface area contributed by atoms with Crippen molar-refractivity contribution in [2.75, 3.05) is 27.4 Å². The number of nitrogens with zero attached hydrogens (tertiary/aromatic N) is 4. The molecule has 1 unspecified atom stereocenters. The summed E-state index contributed by atoms with van der Waals surface area (Å²) in [5.74, 6) is 0.331. The summed E-state index contributed by atoms with van der Waals surface area (Å²) in [5, 5.41) is 10.0. The molecule has 4 aromatic rings. The number of methoxy groups -OCH3 is 2. The van der Waals surface area contributed by atoms with Gasteiger partial charge in [0.1, 0.15) is 12.4 Å². The van der Waals surface area contributed by atoms with Gasteiger partial charge in [-0.25, -0.2) is 0 Å². The highest BCUT2D eigenvalue weighted by atomic mass is 35.5. The van der Waals surface area contributed by atoms with Crippen molar-refractivity contribution in [2.45, 2.75) is 25.3 Å². The van der Waals surface area contributed by atoms with Gasteiger partial charge >= 0.3 is 0 Å². The Kier molecular flexibility index (Phi) is 7.81. The molecule has 2 aromatic carbocycles. The summed E-state index contributed by atoms with van der Waals surface area (Å²) < 4.78 is 14.2. The maximum Gasteiger partial charge on any atom is 0.252 e. The number of carbonyl (C=O) groups is 1. The minimum Gasteiger partial charge on any atom is -0.495 e. The quantitative estimate of drug-likeness (QED) is 0.288. The summed E-state index contributed by atoms with van der Waals surface area (Å²) in [5.41, 5.74) is 4.22. The molecule has 0 aliphatic carbocycles. The third-order valence-electron chi connectivity index (χ3n) is 6.82. The number of benzene rings is 2. The van der Waals surface area contributed by atoms with E-state index in [9.17, 15) is 9.59 Å². The minimum atomic E-state index is -0.739. The normalized spacial score (nSPS) is 13.8. The molecular formula is C29H29ClN4O5. The lowest BCUT2D eigenvalue weighted by atomic mass is 9.95. The van der Waals surface area contributed by atoms with Gasteiger partial charge in [-0.1, -0.05) is 28.9 Å². The first-order valence-corrected chi connectivity index (χ1v) is 13.0. The number of hydrogen-bond acceptors (Lipinski definition) is 7. The Morgan fingerprint density at radius 1 is 1.10 bits per heavy atom. The van der Waals surface area contributed by atoms with E-state index in [1.54, 1.807) is 30.1 Å². The summed E-state index contributed by atoms with van der Waals surface area (Å²) in [6.45, 7) is 0.806. The van der Waals surface area contributed by atoms with Gasteiger partial charge in [0, 0.05) is 67.4 Å². The Morgan fingerprint density at radius 3 is 2.69 bits per heavy atom. The van der Waals surface area contributed by atoms with Crippen LogP contribution in [0, 0.1) is 0 Å². The number of carbonyl (C=O) groups excluding carboxylic acids is 1. The van der Waals surface area contributed by atoms with Gasteiger partial charge in [-0.2, -0.15) is 5.10 Å². The first-order valence-electron chi connectivity index (χ1n) is 12.6. The molecule has 0 saturated carbocycles. The van der Waals surface area contributed by atoms with Crippen LogP contribution in [0.5, 0.6) is 5.75 Å². The lowest BCUT2D eigenvalue weighted by Crippen LogP contribution is -2.31. The Hall–Kier alpha value is -3.95. The van der Waals surface area contributed by atoms with Gasteiger partial charge in [-0.15, -0.1) is 0 Å². The Bertz CT molecular complexity index is 1620. The Morgan fingerprint density at radius 2 is 1.95 bits per heavy atom. The summed E-state index contributed by atoms with van der Waals surface area (Å²) in [4.78, 5) is 32.4. The highest BCUT2D eigenvalue weighted by Crippen LogP contribution is 2.35. The van der Waals surface area contributed by atoms with Crippen molar-refractivity contribution in [3.05, 3.63) is 81.4 Å². The van der Waals surface area contributed by atoms with E-state index in [2.05, 4.69) is 10.3 Å². The van der Waals surface area contributed by atoms with Crippen molar-refractivity contribution >= 4 is 34.0 Å². The number of halogens is 1. The van der Waals surface area contributed by atoms with Gasteiger partial charge in [0.05, 0.1) is 30.6 Å². The summed E-state index contributed by atoms with van der Waals surface area (Å²) in [7, 11) is 4.96. The molecule has 0 amide bonds. The second-order valence-electron chi connectivity index (χ2n) is 9.45. The molecule has 202 valence electrons. The number of hydrogen-bond donors (Lipinski definition) is 0. The number of pyridine rings is 1. The molecular weight excluding hydrogens is 520 g/mol. The molecule has 0 fully saturated rings. The summed E-state index contributed by atoms with van der Waals surface area (Å²) in [6, 6.07) is 11.9. The van der Waals surface area contributed by atoms with E-state index < -0.39 is 6.04 Å². The molecule has 2 aromatic heterocycles. The molecule has 5 rings (SSSR count). The first kappa shape index (κ1) is 26.6. The molecule has 0 bridgehead atoms. The molecule has 9 nitrogen and oxygen atoms in total. The van der Waals surface area contributed by atoms with Crippen molar-refractivity contribution < 1.29 is 19.1 Å². The molecule has 1 atom stereocenters. The number of aromatic nitrogens is 3. The fourth-order valence-corrected chi connectivity index (χ4v) is 5.12. The van der Waals surface area contributed by atoms with Crippen LogP contribution in [-0.4, -0.2) is 53.3 Å². The van der Waals surface area contributed by atoms with Crippen LogP contribution in [0.3, 0.4) is 0 Å². The molecule has 10 heteroatoms. The van der Waals surface area contributed by atoms with Crippen LogP contribution >= 0.6 is 11.6 Å². The van der Waals surface area contributed by atoms with Crippen LogP contribution in [0.4, 0.5) is 0 Å². The predicted molar refractivity (Wildman–Crippen MR) is 150 cm³/mol. The van der Waals surface area contributed by atoms with Crippen LogP contribution in [0.1, 0.15) is 30.0 Å². The number of ether oxygens (including phenoxy) is 2. The van der Waals surface area contributed by atoms with E-state index in [4.69, 9.17) is 25.9 Å². The number of aryl methyl sites for hydroxylation is 1. The molecule has 0 saturated heterocycles. The lowest BCUT2D eigenvalue weighted by Gasteiger charge is -2.21. The van der Waals surface area contributed by atoms with E-state index in [1.807, 2.05) is 37.5 Å². The van der Waals surface area contributed by atoms with Gasteiger partial charge in [0.25, 0.3) is 5.56 Å². The van der Waals surface area contributed by atoms with Crippen molar-refractivity contribution in [3.8, 4) is 16.9 Å². The zero-order valence-electron chi connectivity index (χ0n) is 22.0.